The van der Waals surface area contributed by atoms with Gasteiger partial charge in [-0.3, -0.25) is 4.79 Å². The zero-order valence-corrected chi connectivity index (χ0v) is 10.7. The number of ether oxygens (including phenoxy) is 1. The van der Waals surface area contributed by atoms with E-state index in [0.29, 0.717) is 18.3 Å². The average Bonchev–Trinajstić information content (AvgIpc) is 3.20. The van der Waals surface area contributed by atoms with E-state index in [4.69, 9.17) is 4.74 Å². The molecule has 0 atom stereocenters. The number of aromatic nitrogens is 2. The molecule has 1 aromatic heterocycles. The number of anilines is 1. The van der Waals surface area contributed by atoms with Crippen LogP contribution in [-0.4, -0.2) is 29.3 Å². The van der Waals surface area contributed by atoms with Crippen LogP contribution in [0, 0.1) is 0 Å². The van der Waals surface area contributed by atoms with Crippen molar-refractivity contribution in [2.24, 2.45) is 0 Å². The van der Waals surface area contributed by atoms with Gasteiger partial charge in [0, 0.05) is 12.5 Å². The number of nitrogens with one attached hydrogen (secondary N) is 1. The highest BCUT2D eigenvalue weighted by Gasteiger charge is 2.25. The Balaban J connectivity index is 1.72. The second-order valence-electron chi connectivity index (χ2n) is 4.57. The minimum atomic E-state index is -0.181. The first-order valence-electron chi connectivity index (χ1n) is 6.51. The highest BCUT2D eigenvalue weighted by Crippen LogP contribution is 2.38. The molecular weight excluding hydrogens is 230 g/mol. The average molecular weight is 249 g/mol. The predicted octanol–water partition coefficient (Wildman–Crippen LogP) is 2.11. The summed E-state index contributed by atoms with van der Waals surface area (Å²) in [6, 6.07) is 3.73. The number of hydrogen-bond acceptors (Lipinski definition) is 4. The smallest absolute Gasteiger partial charge is 0.251 e. The minimum Gasteiger partial charge on any atom is -0.372 e. The number of amides is 1. The molecule has 0 unspecified atom stereocenters. The van der Waals surface area contributed by atoms with Crippen LogP contribution in [0.2, 0.25) is 0 Å². The van der Waals surface area contributed by atoms with E-state index in [9.17, 15) is 4.79 Å². The summed E-state index contributed by atoms with van der Waals surface area (Å²) in [6.07, 6.45) is 4.44. The lowest BCUT2D eigenvalue weighted by atomic mass is 10.3. The van der Waals surface area contributed by atoms with E-state index < -0.39 is 0 Å². The number of carbonyl (C=O) groups excluding carboxylic acids is 1. The van der Waals surface area contributed by atoms with Crippen LogP contribution in [-0.2, 0) is 9.53 Å². The predicted molar refractivity (Wildman–Crippen MR) is 68.4 cm³/mol. The Hall–Kier alpha value is -1.49. The number of hydrogen-bond donors (Lipinski definition) is 1. The third-order valence-electron chi connectivity index (χ3n) is 2.82. The number of rotatable bonds is 7. The van der Waals surface area contributed by atoms with Crippen LogP contribution in [0.5, 0.6) is 0 Å². The molecule has 1 fully saturated rings. The van der Waals surface area contributed by atoms with E-state index in [1.165, 1.54) is 12.8 Å². The van der Waals surface area contributed by atoms with Crippen LogP contribution in [0.1, 0.15) is 44.2 Å². The first-order chi connectivity index (χ1) is 8.79. The molecule has 1 amide bonds. The monoisotopic (exact) mass is 249 g/mol. The van der Waals surface area contributed by atoms with Gasteiger partial charge in [-0.25, -0.2) is 0 Å². The maximum Gasteiger partial charge on any atom is 0.251 e. The first-order valence-corrected chi connectivity index (χ1v) is 6.51. The van der Waals surface area contributed by atoms with Crippen molar-refractivity contribution in [3.8, 4) is 0 Å². The summed E-state index contributed by atoms with van der Waals surface area (Å²) in [7, 11) is 0. The van der Waals surface area contributed by atoms with Gasteiger partial charge in [-0.15, -0.1) is 5.10 Å². The summed E-state index contributed by atoms with van der Waals surface area (Å²) in [4.78, 5) is 11.5. The molecule has 0 aromatic carbocycles. The Morgan fingerprint density at radius 1 is 1.44 bits per heavy atom. The highest BCUT2D eigenvalue weighted by atomic mass is 16.5. The van der Waals surface area contributed by atoms with Crippen LogP contribution < -0.4 is 5.32 Å². The summed E-state index contributed by atoms with van der Waals surface area (Å²) in [5.41, 5.74) is 1.02. The molecule has 2 rings (SSSR count). The van der Waals surface area contributed by atoms with Crippen LogP contribution >= 0.6 is 0 Å². The van der Waals surface area contributed by atoms with E-state index in [1.54, 1.807) is 6.07 Å². The zero-order valence-electron chi connectivity index (χ0n) is 10.7. The van der Waals surface area contributed by atoms with Gasteiger partial charge < -0.3 is 10.1 Å². The Morgan fingerprint density at radius 3 is 2.89 bits per heavy atom. The second kappa shape index (κ2) is 6.44. The normalized spacial score (nSPS) is 14.5. The van der Waals surface area contributed by atoms with E-state index in [-0.39, 0.29) is 12.5 Å². The molecule has 1 N–H and O–H groups in total. The Kier molecular flexibility index (Phi) is 4.64. The van der Waals surface area contributed by atoms with Gasteiger partial charge in [-0.1, -0.05) is 13.3 Å². The molecule has 1 heterocycles. The molecule has 0 radical (unpaired) electrons. The maximum absolute atomic E-state index is 11.5. The van der Waals surface area contributed by atoms with Gasteiger partial charge in [0.15, 0.2) is 5.82 Å². The van der Waals surface area contributed by atoms with Crippen molar-refractivity contribution >= 4 is 11.7 Å². The third-order valence-corrected chi connectivity index (χ3v) is 2.82. The van der Waals surface area contributed by atoms with Gasteiger partial charge in [0.2, 0.25) is 0 Å². The summed E-state index contributed by atoms with van der Waals surface area (Å²) in [6.45, 7) is 2.78. The molecule has 98 valence electrons. The van der Waals surface area contributed by atoms with Crippen molar-refractivity contribution < 1.29 is 9.53 Å². The van der Waals surface area contributed by atoms with Gasteiger partial charge in [0.25, 0.3) is 5.91 Å². The number of unbranched alkanes of at least 4 members (excludes halogenated alkanes) is 1. The van der Waals surface area contributed by atoms with Crippen LogP contribution in [0.4, 0.5) is 5.82 Å². The molecule has 0 aliphatic heterocycles. The van der Waals surface area contributed by atoms with Crippen molar-refractivity contribution in [1.82, 2.24) is 10.2 Å². The highest BCUT2D eigenvalue weighted by molar-refractivity contribution is 5.90. The number of carbonyl (C=O) groups is 1. The standard InChI is InChI=1S/C13H19N3O2/c1-2-3-8-18-9-13(17)14-12-7-6-11(15-16-12)10-4-5-10/h6-7,10H,2-5,8-9H2,1H3,(H,14,16,17). The Morgan fingerprint density at radius 2 is 2.28 bits per heavy atom. The van der Waals surface area contributed by atoms with Crippen LogP contribution in [0.25, 0.3) is 0 Å². The van der Waals surface area contributed by atoms with Gasteiger partial charge in [0.05, 0.1) is 5.69 Å². The molecular formula is C13H19N3O2. The third kappa shape index (κ3) is 4.07. The Bertz CT molecular complexity index is 388. The maximum atomic E-state index is 11.5. The molecule has 0 saturated heterocycles. The quantitative estimate of drug-likeness (QED) is 0.752. The minimum absolute atomic E-state index is 0.0755. The molecule has 1 aromatic rings. The van der Waals surface area contributed by atoms with Gasteiger partial charge >= 0.3 is 0 Å². The SMILES string of the molecule is CCCCOCC(=O)Nc1ccc(C2CC2)nn1. The molecule has 0 spiro atoms. The molecule has 1 saturated carbocycles. The van der Waals surface area contributed by atoms with E-state index in [2.05, 4.69) is 22.4 Å². The van der Waals surface area contributed by atoms with Gasteiger partial charge in [0.1, 0.15) is 6.61 Å². The van der Waals surface area contributed by atoms with Crippen LogP contribution in [0.3, 0.4) is 0 Å². The topological polar surface area (TPSA) is 64.1 Å². The molecule has 1 aliphatic carbocycles. The molecule has 1 aliphatic rings. The van der Waals surface area contributed by atoms with Crippen molar-refractivity contribution in [2.45, 2.75) is 38.5 Å². The molecule has 5 nitrogen and oxygen atoms in total. The van der Waals surface area contributed by atoms with Crippen molar-refractivity contribution in [1.29, 1.82) is 0 Å². The van der Waals surface area contributed by atoms with Gasteiger partial charge in [-0.2, -0.15) is 5.10 Å². The van der Waals surface area contributed by atoms with E-state index >= 15 is 0 Å². The molecule has 18 heavy (non-hydrogen) atoms. The lowest BCUT2D eigenvalue weighted by Gasteiger charge is -2.05. The van der Waals surface area contributed by atoms with Gasteiger partial charge in [-0.05, 0) is 31.4 Å². The summed E-state index contributed by atoms with van der Waals surface area (Å²) >= 11 is 0. The molecule has 0 bridgehead atoms. The summed E-state index contributed by atoms with van der Waals surface area (Å²) < 4.78 is 5.22. The number of nitrogens with zero attached hydrogens (tertiary/aromatic N) is 2. The van der Waals surface area contributed by atoms with Crippen molar-refractivity contribution in [2.75, 3.05) is 18.5 Å². The second-order valence-corrected chi connectivity index (χ2v) is 4.57. The van der Waals surface area contributed by atoms with Crippen LogP contribution in [0.15, 0.2) is 12.1 Å². The fraction of sp³-hybridized carbons (Fsp3) is 0.615. The van der Waals surface area contributed by atoms with Crippen molar-refractivity contribution in [3.63, 3.8) is 0 Å². The zero-order chi connectivity index (χ0) is 12.8. The van der Waals surface area contributed by atoms with E-state index in [0.717, 1.165) is 18.5 Å². The molecule has 5 heteroatoms. The fourth-order valence-electron chi connectivity index (χ4n) is 1.60. The largest absolute Gasteiger partial charge is 0.372 e. The lowest BCUT2D eigenvalue weighted by molar-refractivity contribution is -0.120. The fourth-order valence-corrected chi connectivity index (χ4v) is 1.60. The summed E-state index contributed by atoms with van der Waals surface area (Å²) in [5, 5.41) is 10.8. The Labute approximate surface area is 107 Å². The van der Waals surface area contributed by atoms with Crippen molar-refractivity contribution in [3.05, 3.63) is 17.8 Å². The van der Waals surface area contributed by atoms with E-state index in [1.807, 2.05) is 6.07 Å². The first kappa shape index (κ1) is 13.0. The summed E-state index contributed by atoms with van der Waals surface area (Å²) in [5.74, 6) is 0.891. The lowest BCUT2D eigenvalue weighted by Crippen LogP contribution is -2.19.